The normalized spacial score (nSPS) is 16.9. The first-order valence-electron chi connectivity index (χ1n) is 12.5. The number of aliphatic hydroxyl groups is 1. The first-order valence-corrected chi connectivity index (χ1v) is 12.5. The van der Waals surface area contributed by atoms with E-state index in [9.17, 15) is 18.3 Å². The molecule has 1 aliphatic carbocycles. The van der Waals surface area contributed by atoms with Crippen LogP contribution in [0.4, 0.5) is 13.2 Å². The molecule has 0 radical (unpaired) electrons. The molecule has 6 nitrogen and oxygen atoms in total. The van der Waals surface area contributed by atoms with Gasteiger partial charge in [-0.1, -0.05) is 65.3 Å². The average Bonchev–Trinajstić information content (AvgIpc) is 3.54. The molecule has 37 heavy (non-hydrogen) atoms. The van der Waals surface area contributed by atoms with E-state index in [1.54, 1.807) is 30.3 Å². The second-order valence-electron chi connectivity index (χ2n) is 9.73. The van der Waals surface area contributed by atoms with E-state index in [1.165, 1.54) is 6.42 Å². The Labute approximate surface area is 211 Å². The van der Waals surface area contributed by atoms with Crippen molar-refractivity contribution in [1.82, 2.24) is 15.2 Å². The van der Waals surface area contributed by atoms with E-state index in [0.29, 0.717) is 30.6 Å². The molecule has 2 aromatic heterocycles. The molecule has 1 aliphatic heterocycles. The minimum atomic E-state index is -4.70. The lowest BCUT2D eigenvalue weighted by Crippen LogP contribution is -2.33. The Balaban J connectivity index is 1.33. The number of aliphatic hydroxyl groups excluding tert-OH is 1. The van der Waals surface area contributed by atoms with Gasteiger partial charge in [0.2, 0.25) is 0 Å². The second kappa shape index (κ2) is 9.46. The number of fused-ring (bicyclic) bond motifs is 3. The van der Waals surface area contributed by atoms with Gasteiger partial charge in [-0.15, -0.1) is 0 Å². The van der Waals surface area contributed by atoms with Crippen molar-refractivity contribution in [2.45, 2.75) is 44.4 Å². The van der Waals surface area contributed by atoms with Gasteiger partial charge in [0.25, 0.3) is 0 Å². The van der Waals surface area contributed by atoms with Gasteiger partial charge in [-0.3, -0.25) is 0 Å². The van der Waals surface area contributed by atoms with Crippen LogP contribution in [0.15, 0.2) is 57.6 Å². The van der Waals surface area contributed by atoms with Crippen LogP contribution in [0.25, 0.3) is 34.0 Å². The second-order valence-corrected chi connectivity index (χ2v) is 9.73. The summed E-state index contributed by atoms with van der Waals surface area (Å²) in [5.41, 5.74) is 2.62. The molecule has 2 aromatic carbocycles. The largest absolute Gasteiger partial charge is 0.422 e. The molecule has 4 aromatic rings. The number of β-amino-alcohol motifs (C(OH)–C–C–N with tert-alkyl or cyclic N) is 1. The zero-order valence-electron chi connectivity index (χ0n) is 20.1. The summed E-state index contributed by atoms with van der Waals surface area (Å²) in [4.78, 5) is 2.29. The number of alkyl halides is 3. The van der Waals surface area contributed by atoms with Crippen LogP contribution in [0.3, 0.4) is 0 Å². The van der Waals surface area contributed by atoms with Crippen molar-refractivity contribution in [3.05, 3.63) is 70.8 Å². The maximum Gasteiger partial charge on any atom is 0.422 e. The number of rotatable bonds is 5. The smallest absolute Gasteiger partial charge is 0.387 e. The van der Waals surface area contributed by atoms with E-state index in [4.69, 9.17) is 9.05 Å². The monoisotopic (exact) mass is 509 g/mol. The lowest BCUT2D eigenvalue weighted by Gasteiger charge is -2.29. The van der Waals surface area contributed by atoms with E-state index < -0.39 is 23.5 Å². The zero-order chi connectivity index (χ0) is 25.6. The molecular weight excluding hydrogens is 483 g/mol. The Morgan fingerprint density at radius 2 is 1.62 bits per heavy atom. The summed E-state index contributed by atoms with van der Waals surface area (Å²) in [5, 5.41) is 18.8. The van der Waals surface area contributed by atoms with Crippen LogP contribution in [0, 0.1) is 0 Å². The molecule has 3 heterocycles. The molecule has 1 N–H and O–H groups in total. The molecule has 1 fully saturated rings. The van der Waals surface area contributed by atoms with Crippen LogP contribution in [0.5, 0.6) is 0 Å². The van der Waals surface area contributed by atoms with Gasteiger partial charge in [-0.25, -0.2) is 0 Å². The Kier molecular flexibility index (Phi) is 6.12. The molecule has 0 spiro atoms. The van der Waals surface area contributed by atoms with Crippen LogP contribution in [0.1, 0.15) is 47.6 Å². The predicted octanol–water partition coefficient (Wildman–Crippen LogP) is 6.30. The highest BCUT2D eigenvalue weighted by atomic mass is 19.4. The molecule has 192 valence electrons. The topological polar surface area (TPSA) is 75.5 Å². The third-order valence-electron chi connectivity index (χ3n) is 7.31. The van der Waals surface area contributed by atoms with Crippen molar-refractivity contribution in [2.24, 2.45) is 0 Å². The van der Waals surface area contributed by atoms with Gasteiger partial charge < -0.3 is 19.1 Å². The summed E-state index contributed by atoms with van der Waals surface area (Å²) in [7, 11) is 0. The van der Waals surface area contributed by atoms with Crippen molar-refractivity contribution in [1.29, 1.82) is 0 Å². The molecule has 0 bridgehead atoms. The standard InChI is InChI=1S/C28H26F3N3O3/c29-28(30,31)23-25(33-36-26(23)17-7-3-1-4-8-17)27-21-12-9-18-15-19(10-11-20(18)24(21)32-37-27)22(35)16-34-13-5-2-6-14-34/h1,3-4,7-8,10-11,15,22,35H,2,5-6,9,12-14,16H2. The number of nitrogens with zero attached hydrogens (tertiary/aromatic N) is 3. The first-order chi connectivity index (χ1) is 17.9. The van der Waals surface area contributed by atoms with Crippen LogP contribution in [-0.2, 0) is 19.0 Å². The first kappa shape index (κ1) is 23.9. The fraction of sp³-hybridized carbons (Fsp3) is 0.357. The minimum Gasteiger partial charge on any atom is -0.387 e. The van der Waals surface area contributed by atoms with Gasteiger partial charge in [-0.05, 0) is 49.9 Å². The molecule has 0 amide bonds. The van der Waals surface area contributed by atoms with Gasteiger partial charge in [0.15, 0.2) is 17.2 Å². The SMILES string of the molecule is OC(CN1CCCCC1)c1ccc2c(c1)CCc1c-2noc1-c1noc(-c2ccccc2)c1C(F)(F)F. The third kappa shape index (κ3) is 4.46. The third-order valence-corrected chi connectivity index (χ3v) is 7.31. The van der Waals surface area contributed by atoms with E-state index in [2.05, 4.69) is 15.2 Å². The Bertz CT molecular complexity index is 1410. The average molecular weight is 510 g/mol. The van der Waals surface area contributed by atoms with Crippen LogP contribution < -0.4 is 0 Å². The summed E-state index contributed by atoms with van der Waals surface area (Å²) >= 11 is 0. The maximum atomic E-state index is 14.2. The van der Waals surface area contributed by atoms with Gasteiger partial charge >= 0.3 is 6.18 Å². The molecule has 9 heteroatoms. The zero-order valence-corrected chi connectivity index (χ0v) is 20.1. The lowest BCUT2D eigenvalue weighted by molar-refractivity contribution is -0.136. The number of likely N-dealkylation sites (tertiary alicyclic amines) is 1. The summed E-state index contributed by atoms with van der Waals surface area (Å²) < 4.78 is 53.3. The number of aryl methyl sites for hydroxylation is 1. The van der Waals surface area contributed by atoms with Crippen molar-refractivity contribution in [3.63, 3.8) is 0 Å². The Morgan fingerprint density at radius 1 is 0.892 bits per heavy atom. The van der Waals surface area contributed by atoms with Gasteiger partial charge in [0.1, 0.15) is 11.3 Å². The number of benzene rings is 2. The molecule has 1 unspecified atom stereocenters. The number of hydrogen-bond donors (Lipinski definition) is 1. The summed E-state index contributed by atoms with van der Waals surface area (Å²) in [6, 6.07) is 13.8. The molecule has 1 saturated heterocycles. The Morgan fingerprint density at radius 3 is 2.38 bits per heavy atom. The van der Waals surface area contributed by atoms with Crippen molar-refractivity contribution in [3.8, 4) is 34.0 Å². The fourth-order valence-electron chi connectivity index (χ4n) is 5.44. The lowest BCUT2D eigenvalue weighted by atomic mass is 9.86. The molecule has 0 saturated carbocycles. The number of aromatic nitrogens is 2. The fourth-order valence-corrected chi connectivity index (χ4v) is 5.44. The van der Waals surface area contributed by atoms with E-state index in [0.717, 1.165) is 42.6 Å². The van der Waals surface area contributed by atoms with Crippen molar-refractivity contribution >= 4 is 0 Å². The maximum absolute atomic E-state index is 14.2. The van der Waals surface area contributed by atoms with Crippen LogP contribution in [-0.4, -0.2) is 40.0 Å². The number of piperidine rings is 1. The molecule has 6 rings (SSSR count). The quantitative estimate of drug-likeness (QED) is 0.340. The Hall–Kier alpha value is -3.43. The highest BCUT2D eigenvalue weighted by Gasteiger charge is 2.43. The highest BCUT2D eigenvalue weighted by Crippen LogP contribution is 2.46. The van der Waals surface area contributed by atoms with Gasteiger partial charge in [0.05, 0.1) is 6.10 Å². The summed E-state index contributed by atoms with van der Waals surface area (Å²) in [6.07, 6.45) is -0.723. The van der Waals surface area contributed by atoms with Crippen molar-refractivity contribution in [2.75, 3.05) is 19.6 Å². The number of halogens is 3. The van der Waals surface area contributed by atoms with E-state index in [-0.39, 0.29) is 17.1 Å². The molecule has 2 aliphatic rings. The van der Waals surface area contributed by atoms with Crippen molar-refractivity contribution < 1.29 is 27.3 Å². The predicted molar refractivity (Wildman–Crippen MR) is 131 cm³/mol. The summed E-state index contributed by atoms with van der Waals surface area (Å²) in [6.45, 7) is 2.59. The van der Waals surface area contributed by atoms with E-state index in [1.807, 2.05) is 18.2 Å². The minimum absolute atomic E-state index is 0.0203. The van der Waals surface area contributed by atoms with Gasteiger partial charge in [0, 0.05) is 23.2 Å². The van der Waals surface area contributed by atoms with Gasteiger partial charge in [-0.2, -0.15) is 13.2 Å². The van der Waals surface area contributed by atoms with Crippen LogP contribution >= 0.6 is 0 Å². The summed E-state index contributed by atoms with van der Waals surface area (Å²) in [5.74, 6) is -0.370. The molecule has 1 atom stereocenters. The number of hydrogen-bond acceptors (Lipinski definition) is 6. The molecular formula is C28H26F3N3O3. The highest BCUT2D eigenvalue weighted by molar-refractivity contribution is 5.79. The van der Waals surface area contributed by atoms with E-state index >= 15 is 0 Å². The van der Waals surface area contributed by atoms with Crippen LogP contribution in [0.2, 0.25) is 0 Å².